The van der Waals surface area contributed by atoms with Gasteiger partial charge in [-0.3, -0.25) is 0 Å². The first-order valence-corrected chi connectivity index (χ1v) is 7.51. The van der Waals surface area contributed by atoms with E-state index in [9.17, 15) is 5.11 Å². The van der Waals surface area contributed by atoms with Crippen molar-refractivity contribution in [3.8, 4) is 0 Å². The number of nitrogen functional groups attached to an aromatic ring is 1. The first-order valence-electron chi connectivity index (χ1n) is 7.51. The number of ether oxygens (including phenoxy) is 1. The van der Waals surface area contributed by atoms with E-state index in [1.165, 1.54) is 12.8 Å². The topological polar surface area (TPSA) is 87.7 Å². The predicted molar refractivity (Wildman–Crippen MR) is 80.1 cm³/mol. The molecule has 2 saturated heterocycles. The average molecular weight is 293 g/mol. The Morgan fingerprint density at radius 2 is 2.14 bits per heavy atom. The zero-order valence-electron chi connectivity index (χ0n) is 12.2. The lowest BCUT2D eigenvalue weighted by Gasteiger charge is -2.34. The third kappa shape index (κ3) is 3.61. The summed E-state index contributed by atoms with van der Waals surface area (Å²) in [5, 5.41) is 10.9. The van der Waals surface area contributed by atoms with E-state index in [-0.39, 0.29) is 5.95 Å². The van der Waals surface area contributed by atoms with E-state index in [2.05, 4.69) is 14.9 Å². The van der Waals surface area contributed by atoms with E-state index in [0.29, 0.717) is 32.8 Å². The van der Waals surface area contributed by atoms with Crippen LogP contribution in [0.15, 0.2) is 12.3 Å². The number of aliphatic hydroxyl groups is 1. The summed E-state index contributed by atoms with van der Waals surface area (Å²) in [7, 11) is 0. The zero-order chi connectivity index (χ0) is 14.7. The fraction of sp³-hybridized carbons (Fsp3) is 0.714. The van der Waals surface area contributed by atoms with Crippen molar-refractivity contribution in [2.45, 2.75) is 18.4 Å². The van der Waals surface area contributed by atoms with Crippen molar-refractivity contribution in [3.05, 3.63) is 12.3 Å². The quantitative estimate of drug-likeness (QED) is 0.792. The van der Waals surface area contributed by atoms with Gasteiger partial charge in [0.1, 0.15) is 11.4 Å². The number of hydrogen-bond acceptors (Lipinski definition) is 7. The first kappa shape index (κ1) is 14.5. The van der Waals surface area contributed by atoms with Gasteiger partial charge in [0.05, 0.1) is 19.8 Å². The molecule has 1 aromatic rings. The van der Waals surface area contributed by atoms with Gasteiger partial charge in [0.15, 0.2) is 0 Å². The Morgan fingerprint density at radius 3 is 2.90 bits per heavy atom. The van der Waals surface area contributed by atoms with Gasteiger partial charge in [-0.25, -0.2) is 4.98 Å². The maximum Gasteiger partial charge on any atom is 0.221 e. The Labute approximate surface area is 124 Å². The first-order chi connectivity index (χ1) is 10.1. The predicted octanol–water partition coefficient (Wildman–Crippen LogP) is -0.278. The maximum absolute atomic E-state index is 10.9. The summed E-state index contributed by atoms with van der Waals surface area (Å²) in [5.41, 5.74) is 4.78. The lowest BCUT2D eigenvalue weighted by atomic mass is 10.0. The Morgan fingerprint density at radius 1 is 1.33 bits per heavy atom. The average Bonchev–Trinajstić information content (AvgIpc) is 2.87. The van der Waals surface area contributed by atoms with Crippen LogP contribution in [0.25, 0.3) is 0 Å². The van der Waals surface area contributed by atoms with Gasteiger partial charge in [0.25, 0.3) is 0 Å². The molecular weight excluding hydrogens is 270 g/mol. The molecule has 0 amide bonds. The molecule has 1 atom stereocenters. The molecule has 21 heavy (non-hydrogen) atoms. The summed E-state index contributed by atoms with van der Waals surface area (Å²) in [5.74, 6) is 0.994. The van der Waals surface area contributed by atoms with Crippen molar-refractivity contribution in [2.75, 3.05) is 56.6 Å². The molecule has 0 bridgehead atoms. The van der Waals surface area contributed by atoms with Crippen molar-refractivity contribution >= 4 is 11.8 Å². The highest BCUT2D eigenvalue weighted by Crippen LogP contribution is 2.21. The molecule has 3 N–H and O–H groups in total. The molecule has 0 saturated carbocycles. The van der Waals surface area contributed by atoms with E-state index in [0.717, 1.165) is 18.9 Å². The minimum Gasteiger partial charge on any atom is -0.384 e. The Hall–Kier alpha value is -1.44. The highest BCUT2D eigenvalue weighted by atomic mass is 16.5. The summed E-state index contributed by atoms with van der Waals surface area (Å²) < 4.78 is 5.61. The molecule has 0 aliphatic carbocycles. The minimum atomic E-state index is -0.874. The summed E-state index contributed by atoms with van der Waals surface area (Å²) in [4.78, 5) is 12.5. The number of anilines is 2. The molecule has 2 fully saturated rings. The van der Waals surface area contributed by atoms with Crippen molar-refractivity contribution < 1.29 is 9.84 Å². The zero-order valence-corrected chi connectivity index (χ0v) is 12.2. The molecule has 7 nitrogen and oxygen atoms in total. The van der Waals surface area contributed by atoms with Gasteiger partial charge in [0, 0.05) is 19.3 Å². The third-order valence-electron chi connectivity index (χ3n) is 4.06. The molecule has 2 aliphatic heterocycles. The molecule has 1 unspecified atom stereocenters. The normalized spacial score (nSPS) is 27.8. The van der Waals surface area contributed by atoms with Crippen LogP contribution in [0.1, 0.15) is 12.8 Å². The molecule has 0 radical (unpaired) electrons. The van der Waals surface area contributed by atoms with Crippen molar-refractivity contribution in [1.82, 2.24) is 14.9 Å². The van der Waals surface area contributed by atoms with Gasteiger partial charge in [-0.05, 0) is 32.0 Å². The standard InChI is InChI=1S/C14H23N5O2/c15-13-16-4-3-12(17-13)19-7-8-21-11-14(20,10-19)9-18-5-1-2-6-18/h3-4,20H,1-2,5-11H2,(H2,15,16,17). The second-order valence-electron chi connectivity index (χ2n) is 5.95. The van der Waals surface area contributed by atoms with Crippen LogP contribution in [0, 0.1) is 0 Å². The number of β-amino-alcohol motifs (C(OH)–C–C–N with tert-alkyl or cyclic N) is 1. The smallest absolute Gasteiger partial charge is 0.221 e. The number of nitrogens with zero attached hydrogens (tertiary/aromatic N) is 4. The Kier molecular flexibility index (Phi) is 4.23. The number of rotatable bonds is 3. The monoisotopic (exact) mass is 293 g/mol. The van der Waals surface area contributed by atoms with Crippen LogP contribution < -0.4 is 10.6 Å². The third-order valence-corrected chi connectivity index (χ3v) is 4.06. The number of aromatic nitrogens is 2. The van der Waals surface area contributed by atoms with Crippen LogP contribution in [0.4, 0.5) is 11.8 Å². The van der Waals surface area contributed by atoms with Crippen molar-refractivity contribution in [1.29, 1.82) is 0 Å². The summed E-state index contributed by atoms with van der Waals surface area (Å²) in [6.45, 7) is 4.89. The van der Waals surface area contributed by atoms with Crippen molar-refractivity contribution in [3.63, 3.8) is 0 Å². The molecule has 3 rings (SSSR count). The van der Waals surface area contributed by atoms with E-state index >= 15 is 0 Å². The van der Waals surface area contributed by atoms with Gasteiger partial charge in [0.2, 0.25) is 5.95 Å². The number of nitrogens with two attached hydrogens (primary N) is 1. The van der Waals surface area contributed by atoms with Crippen LogP contribution in [0.2, 0.25) is 0 Å². The second kappa shape index (κ2) is 6.13. The lowest BCUT2D eigenvalue weighted by Crippen LogP contribution is -2.52. The molecule has 116 valence electrons. The Bertz CT molecular complexity index is 480. The van der Waals surface area contributed by atoms with Crippen LogP contribution in [-0.2, 0) is 4.74 Å². The number of hydrogen-bond donors (Lipinski definition) is 2. The van der Waals surface area contributed by atoms with Gasteiger partial charge in [-0.1, -0.05) is 0 Å². The van der Waals surface area contributed by atoms with Gasteiger partial charge in [-0.15, -0.1) is 0 Å². The molecule has 2 aliphatic rings. The second-order valence-corrected chi connectivity index (χ2v) is 5.95. The molecule has 3 heterocycles. The summed E-state index contributed by atoms with van der Waals surface area (Å²) in [6, 6.07) is 1.82. The van der Waals surface area contributed by atoms with Gasteiger partial charge < -0.3 is 25.4 Å². The molecule has 7 heteroatoms. The fourth-order valence-corrected chi connectivity index (χ4v) is 3.10. The highest BCUT2D eigenvalue weighted by Gasteiger charge is 2.35. The Balaban J connectivity index is 1.73. The summed E-state index contributed by atoms with van der Waals surface area (Å²) in [6.07, 6.45) is 4.06. The van der Waals surface area contributed by atoms with E-state index in [4.69, 9.17) is 10.5 Å². The van der Waals surface area contributed by atoms with E-state index in [1.807, 2.05) is 11.0 Å². The molecule has 1 aromatic heterocycles. The number of likely N-dealkylation sites (tertiary alicyclic amines) is 1. The minimum absolute atomic E-state index is 0.251. The van der Waals surface area contributed by atoms with Crippen LogP contribution in [0.3, 0.4) is 0 Å². The van der Waals surface area contributed by atoms with Crippen LogP contribution >= 0.6 is 0 Å². The highest BCUT2D eigenvalue weighted by molar-refractivity contribution is 5.41. The maximum atomic E-state index is 10.9. The van der Waals surface area contributed by atoms with Crippen molar-refractivity contribution in [2.24, 2.45) is 0 Å². The molecular formula is C14H23N5O2. The summed E-state index contributed by atoms with van der Waals surface area (Å²) >= 11 is 0. The van der Waals surface area contributed by atoms with Crippen LogP contribution in [0.5, 0.6) is 0 Å². The fourth-order valence-electron chi connectivity index (χ4n) is 3.10. The largest absolute Gasteiger partial charge is 0.384 e. The SMILES string of the molecule is Nc1nccc(N2CCOCC(O)(CN3CCCC3)C2)n1. The van der Waals surface area contributed by atoms with Crippen LogP contribution in [-0.4, -0.2) is 71.5 Å². The van der Waals surface area contributed by atoms with Gasteiger partial charge in [-0.2, -0.15) is 4.98 Å². The molecule has 0 spiro atoms. The van der Waals surface area contributed by atoms with Gasteiger partial charge >= 0.3 is 0 Å². The lowest BCUT2D eigenvalue weighted by molar-refractivity contribution is -0.0439. The van der Waals surface area contributed by atoms with E-state index in [1.54, 1.807) is 6.20 Å². The molecule has 0 aromatic carbocycles. The van der Waals surface area contributed by atoms with E-state index < -0.39 is 5.60 Å².